The Morgan fingerprint density at radius 1 is 1.29 bits per heavy atom. The summed E-state index contributed by atoms with van der Waals surface area (Å²) in [4.78, 5) is 11.9. The first-order chi connectivity index (χ1) is 14.9. The number of aliphatic hydroxyl groups excluding tert-OH is 1. The average molecular weight is 424 g/mol. The molecule has 31 heavy (non-hydrogen) atoms. The Bertz CT molecular complexity index is 1050. The van der Waals surface area contributed by atoms with E-state index in [2.05, 4.69) is 71.7 Å². The molecule has 1 unspecified atom stereocenters. The average Bonchev–Trinajstić information content (AvgIpc) is 3.31. The first-order valence-corrected chi connectivity index (χ1v) is 11.1. The van der Waals surface area contributed by atoms with Crippen molar-refractivity contribution in [2.24, 2.45) is 4.99 Å². The van der Waals surface area contributed by atoms with Gasteiger partial charge in [-0.15, -0.1) is 0 Å². The Kier molecular flexibility index (Phi) is 4.94. The number of hydrogen-bond acceptors (Lipinski definition) is 6. The topological polar surface area (TPSA) is 78.8 Å². The van der Waals surface area contributed by atoms with Gasteiger partial charge in [0.1, 0.15) is 18.7 Å². The van der Waals surface area contributed by atoms with Crippen LogP contribution in [-0.2, 0) is 0 Å². The van der Waals surface area contributed by atoms with E-state index in [0.29, 0.717) is 12.5 Å². The zero-order valence-corrected chi connectivity index (χ0v) is 18.7. The molecule has 0 radical (unpaired) electrons. The van der Waals surface area contributed by atoms with Gasteiger partial charge in [-0.05, 0) is 45.4 Å². The fourth-order valence-electron chi connectivity index (χ4n) is 4.53. The summed E-state index contributed by atoms with van der Waals surface area (Å²) in [5.41, 5.74) is 3.11. The maximum atomic E-state index is 9.64. The van der Waals surface area contributed by atoms with Crippen LogP contribution in [0.5, 0.6) is 5.75 Å². The van der Waals surface area contributed by atoms with Crippen molar-refractivity contribution >= 4 is 11.9 Å². The molecule has 3 aliphatic rings. The quantitative estimate of drug-likeness (QED) is 0.745. The molecule has 1 saturated heterocycles. The largest absolute Gasteiger partial charge is 0.486 e. The minimum absolute atomic E-state index is 0.102. The summed E-state index contributed by atoms with van der Waals surface area (Å²) >= 11 is 0. The number of ether oxygens (including phenoxy) is 1. The van der Waals surface area contributed by atoms with Gasteiger partial charge in [0, 0.05) is 30.6 Å². The minimum atomic E-state index is -0.173. The van der Waals surface area contributed by atoms with Crippen LogP contribution in [0.3, 0.4) is 0 Å². The fourth-order valence-corrected chi connectivity index (χ4v) is 4.53. The number of likely N-dealkylation sites (tertiary alicyclic amines) is 1. The van der Waals surface area contributed by atoms with Crippen molar-refractivity contribution in [2.45, 2.75) is 51.4 Å². The number of hydrogen-bond donors (Lipinski definition) is 1. The van der Waals surface area contributed by atoms with Crippen LogP contribution in [0.2, 0.25) is 0 Å². The van der Waals surface area contributed by atoms with Gasteiger partial charge in [0.25, 0.3) is 6.17 Å². The van der Waals surface area contributed by atoms with Crippen LogP contribution >= 0.6 is 0 Å². The molecule has 1 atom stereocenters. The molecular weight excluding hydrogens is 392 g/mol. The van der Waals surface area contributed by atoms with Crippen LogP contribution < -0.4 is 4.74 Å². The van der Waals surface area contributed by atoms with Gasteiger partial charge in [-0.25, -0.2) is 19.2 Å². The van der Waals surface area contributed by atoms with Crippen LogP contribution in [0.15, 0.2) is 29.5 Å². The van der Waals surface area contributed by atoms with Crippen LogP contribution in [0, 0.1) is 0 Å². The molecule has 1 N–H and O–H groups in total. The Labute approximate surface area is 182 Å². The van der Waals surface area contributed by atoms with Gasteiger partial charge < -0.3 is 9.84 Å². The smallest absolute Gasteiger partial charge is 0.276 e. The van der Waals surface area contributed by atoms with Crippen molar-refractivity contribution in [3.8, 4) is 5.75 Å². The number of fused-ring (bicyclic) bond motifs is 3. The molecule has 0 amide bonds. The van der Waals surface area contributed by atoms with E-state index in [9.17, 15) is 5.11 Å². The molecule has 3 aliphatic heterocycles. The Balaban J connectivity index is 1.44. The Morgan fingerprint density at radius 3 is 2.84 bits per heavy atom. The van der Waals surface area contributed by atoms with E-state index in [1.165, 1.54) is 5.56 Å². The summed E-state index contributed by atoms with van der Waals surface area (Å²) in [6, 6.07) is 6.76. The highest BCUT2D eigenvalue weighted by Crippen LogP contribution is 2.38. The summed E-state index contributed by atoms with van der Waals surface area (Å²) < 4.78 is 10.2. The lowest BCUT2D eigenvalue weighted by Crippen LogP contribution is -2.57. The van der Waals surface area contributed by atoms with E-state index in [1.54, 1.807) is 6.33 Å². The molecule has 164 valence electrons. The van der Waals surface area contributed by atoms with Crippen molar-refractivity contribution in [2.75, 3.05) is 32.8 Å². The SMILES string of the molecule is CC(C)n1ncnc1C1=NC2c3cc(C4CN(C(C)(C)CO)C4)ccc3OCC[N+]2=C1. The van der Waals surface area contributed by atoms with E-state index in [1.807, 2.05) is 4.68 Å². The van der Waals surface area contributed by atoms with E-state index >= 15 is 0 Å². The van der Waals surface area contributed by atoms with Crippen molar-refractivity contribution in [1.29, 1.82) is 0 Å². The second-order valence-electron chi connectivity index (χ2n) is 9.60. The molecule has 2 aromatic rings. The maximum absolute atomic E-state index is 9.64. The van der Waals surface area contributed by atoms with Crippen LogP contribution in [0.1, 0.15) is 62.8 Å². The van der Waals surface area contributed by atoms with Gasteiger partial charge in [-0.1, -0.05) is 6.07 Å². The first-order valence-electron chi connectivity index (χ1n) is 11.1. The standard InChI is InChI=1S/C23H31N6O2/c1-15(2)29-22(24-14-25-29)19-12-27-7-8-31-20-6-5-16(9-18(20)21(27)26-19)17-10-28(11-17)23(3,4)13-30/h5-6,9,12,14-15,17,21,30H,7-8,10-11,13H2,1-4H3/q+1. The van der Waals surface area contributed by atoms with Crippen molar-refractivity contribution in [3.05, 3.63) is 41.5 Å². The van der Waals surface area contributed by atoms with Gasteiger partial charge in [0.15, 0.2) is 24.3 Å². The molecule has 0 spiro atoms. The lowest BCUT2D eigenvalue weighted by molar-refractivity contribution is -0.560. The summed E-state index contributed by atoms with van der Waals surface area (Å²) in [6.07, 6.45) is 3.59. The number of aliphatic imine (C=N–C) groups is 1. The zero-order valence-electron chi connectivity index (χ0n) is 18.7. The third-order valence-corrected chi connectivity index (χ3v) is 6.67. The summed E-state index contributed by atoms with van der Waals surface area (Å²) in [6.45, 7) is 11.9. The van der Waals surface area contributed by atoms with E-state index in [0.717, 1.165) is 42.5 Å². The monoisotopic (exact) mass is 423 g/mol. The number of rotatable bonds is 5. The molecule has 1 aromatic carbocycles. The second-order valence-corrected chi connectivity index (χ2v) is 9.60. The van der Waals surface area contributed by atoms with Gasteiger partial charge in [0.05, 0.1) is 12.2 Å². The van der Waals surface area contributed by atoms with Gasteiger partial charge >= 0.3 is 0 Å². The predicted molar refractivity (Wildman–Crippen MR) is 118 cm³/mol. The highest BCUT2D eigenvalue weighted by Gasteiger charge is 2.40. The molecular formula is C23H31N6O2+. The molecule has 0 bridgehead atoms. The third-order valence-electron chi connectivity index (χ3n) is 6.67. The van der Waals surface area contributed by atoms with E-state index in [-0.39, 0.29) is 24.4 Å². The highest BCUT2D eigenvalue weighted by molar-refractivity contribution is 6.36. The molecule has 8 nitrogen and oxygen atoms in total. The maximum Gasteiger partial charge on any atom is 0.276 e. The minimum Gasteiger partial charge on any atom is -0.486 e. The number of nitrogens with zero attached hydrogens (tertiary/aromatic N) is 6. The summed E-state index contributed by atoms with van der Waals surface area (Å²) in [5.74, 6) is 2.18. The van der Waals surface area contributed by atoms with Crippen molar-refractivity contribution in [3.63, 3.8) is 0 Å². The van der Waals surface area contributed by atoms with Crippen molar-refractivity contribution < 1.29 is 14.4 Å². The van der Waals surface area contributed by atoms with Gasteiger partial charge in [-0.3, -0.25) is 4.90 Å². The molecule has 5 rings (SSSR count). The summed E-state index contributed by atoms with van der Waals surface area (Å²) in [7, 11) is 0. The van der Waals surface area contributed by atoms with Crippen LogP contribution in [0.25, 0.3) is 0 Å². The number of benzene rings is 1. The molecule has 8 heteroatoms. The lowest BCUT2D eigenvalue weighted by atomic mass is 9.85. The van der Waals surface area contributed by atoms with Gasteiger partial charge in [0.2, 0.25) is 0 Å². The number of aliphatic hydroxyl groups is 1. The Hall–Kier alpha value is -2.58. The van der Waals surface area contributed by atoms with E-state index < -0.39 is 0 Å². The van der Waals surface area contributed by atoms with Crippen LogP contribution in [0.4, 0.5) is 0 Å². The third kappa shape index (κ3) is 3.47. The van der Waals surface area contributed by atoms with E-state index in [4.69, 9.17) is 9.73 Å². The lowest BCUT2D eigenvalue weighted by Gasteiger charge is -2.48. The predicted octanol–water partition coefficient (Wildman–Crippen LogP) is 2.01. The number of aromatic nitrogens is 3. The van der Waals surface area contributed by atoms with Gasteiger partial charge in [-0.2, -0.15) is 5.10 Å². The molecule has 1 fully saturated rings. The zero-order chi connectivity index (χ0) is 21.8. The summed E-state index contributed by atoms with van der Waals surface area (Å²) in [5, 5.41) is 14.0. The molecule has 0 aliphatic carbocycles. The normalized spacial score (nSPS) is 21.7. The first kappa shape index (κ1) is 20.3. The van der Waals surface area contributed by atoms with Crippen LogP contribution in [-0.4, -0.2) is 79.7 Å². The molecule has 4 heterocycles. The highest BCUT2D eigenvalue weighted by atomic mass is 16.5. The molecule has 1 aromatic heterocycles. The fraction of sp³-hybridized carbons (Fsp3) is 0.565. The second kappa shape index (κ2) is 7.53. The van der Waals surface area contributed by atoms with Crippen molar-refractivity contribution in [1.82, 2.24) is 19.7 Å². The Morgan fingerprint density at radius 2 is 2.10 bits per heavy atom. The molecule has 0 saturated carbocycles.